The van der Waals surface area contributed by atoms with Crippen molar-refractivity contribution in [3.63, 3.8) is 0 Å². The van der Waals surface area contributed by atoms with E-state index < -0.39 is 5.79 Å². The van der Waals surface area contributed by atoms with Crippen LogP contribution in [0.4, 0.5) is 0 Å². The van der Waals surface area contributed by atoms with Crippen molar-refractivity contribution in [3.8, 4) is 0 Å². The molecule has 0 radical (unpaired) electrons. The third kappa shape index (κ3) is 5.69. The second-order valence-corrected chi connectivity index (χ2v) is 5.51. The van der Waals surface area contributed by atoms with E-state index in [-0.39, 0.29) is 18.5 Å². The van der Waals surface area contributed by atoms with Gasteiger partial charge >= 0.3 is 5.97 Å². The van der Waals surface area contributed by atoms with Crippen LogP contribution in [0.2, 0.25) is 0 Å². The normalized spacial score (nSPS) is 20.8. The molecule has 1 heterocycles. The molecule has 0 bridgehead atoms. The van der Waals surface area contributed by atoms with Crippen LogP contribution in [0.3, 0.4) is 0 Å². The van der Waals surface area contributed by atoms with Crippen LogP contribution in [-0.4, -0.2) is 24.5 Å². The van der Waals surface area contributed by atoms with Gasteiger partial charge in [0.25, 0.3) is 0 Å². The van der Waals surface area contributed by atoms with Crippen molar-refractivity contribution in [1.29, 1.82) is 0 Å². The molecule has 0 spiro atoms. The van der Waals surface area contributed by atoms with Crippen LogP contribution in [0, 0.1) is 0 Å². The predicted molar refractivity (Wildman–Crippen MR) is 79.5 cm³/mol. The summed E-state index contributed by atoms with van der Waals surface area (Å²) >= 11 is 0. The zero-order valence-corrected chi connectivity index (χ0v) is 12.6. The van der Waals surface area contributed by atoms with Gasteiger partial charge in [-0.25, -0.2) is 0 Å². The maximum atomic E-state index is 11.6. The Kier molecular flexibility index (Phi) is 5.53. The van der Waals surface area contributed by atoms with Crippen molar-refractivity contribution in [2.45, 2.75) is 45.2 Å². The Bertz CT molecular complexity index is 479. The fraction of sp³-hybridized carbons (Fsp3) is 0.471. The monoisotopic (exact) mass is 290 g/mol. The SMILES string of the molecule is CC1(C)OC[C@H](C/C=C/CC(=O)OCc2ccccc2)O1. The van der Waals surface area contributed by atoms with E-state index >= 15 is 0 Å². The molecule has 4 heteroatoms. The van der Waals surface area contributed by atoms with E-state index in [4.69, 9.17) is 14.2 Å². The zero-order valence-electron chi connectivity index (χ0n) is 12.6. The topological polar surface area (TPSA) is 44.8 Å². The van der Waals surface area contributed by atoms with Gasteiger partial charge in [0.1, 0.15) is 6.61 Å². The number of rotatable bonds is 6. The Labute approximate surface area is 125 Å². The highest BCUT2D eigenvalue weighted by Crippen LogP contribution is 2.24. The lowest BCUT2D eigenvalue weighted by Crippen LogP contribution is -2.21. The molecule has 1 aromatic rings. The molecule has 2 rings (SSSR count). The van der Waals surface area contributed by atoms with Crippen molar-refractivity contribution in [3.05, 3.63) is 48.0 Å². The Hall–Kier alpha value is -1.65. The van der Waals surface area contributed by atoms with Gasteiger partial charge < -0.3 is 14.2 Å². The predicted octanol–water partition coefficient (Wildman–Crippen LogP) is 3.22. The molecule has 1 saturated heterocycles. The molecule has 0 N–H and O–H groups in total. The van der Waals surface area contributed by atoms with Gasteiger partial charge in [0.15, 0.2) is 5.79 Å². The first-order valence-corrected chi connectivity index (χ1v) is 7.21. The van der Waals surface area contributed by atoms with Crippen LogP contribution in [-0.2, 0) is 25.6 Å². The number of hydrogen-bond acceptors (Lipinski definition) is 4. The van der Waals surface area contributed by atoms with Crippen LogP contribution in [0.15, 0.2) is 42.5 Å². The van der Waals surface area contributed by atoms with Crippen molar-refractivity contribution < 1.29 is 19.0 Å². The molecule has 1 fully saturated rings. The third-order valence-corrected chi connectivity index (χ3v) is 3.16. The van der Waals surface area contributed by atoms with Gasteiger partial charge in [0.05, 0.1) is 19.1 Å². The first-order chi connectivity index (χ1) is 10.1. The van der Waals surface area contributed by atoms with Crippen LogP contribution >= 0.6 is 0 Å². The second kappa shape index (κ2) is 7.38. The lowest BCUT2D eigenvalue weighted by atomic mass is 10.2. The third-order valence-electron chi connectivity index (χ3n) is 3.16. The zero-order chi connectivity index (χ0) is 15.1. The van der Waals surface area contributed by atoms with E-state index in [1.54, 1.807) is 0 Å². The Balaban J connectivity index is 1.62. The number of esters is 1. The van der Waals surface area contributed by atoms with Crippen LogP contribution in [0.25, 0.3) is 0 Å². The second-order valence-electron chi connectivity index (χ2n) is 5.51. The fourth-order valence-corrected chi connectivity index (χ4v) is 2.10. The minimum absolute atomic E-state index is 0.0663. The van der Waals surface area contributed by atoms with E-state index in [9.17, 15) is 4.79 Å². The van der Waals surface area contributed by atoms with Crippen LogP contribution in [0.5, 0.6) is 0 Å². The molecule has 4 nitrogen and oxygen atoms in total. The highest BCUT2D eigenvalue weighted by molar-refractivity contribution is 5.71. The Morgan fingerprint density at radius 1 is 1.33 bits per heavy atom. The summed E-state index contributed by atoms with van der Waals surface area (Å²) < 4.78 is 16.3. The Morgan fingerprint density at radius 3 is 2.76 bits per heavy atom. The lowest BCUT2D eigenvalue weighted by Gasteiger charge is -2.16. The quantitative estimate of drug-likeness (QED) is 0.596. The van der Waals surface area contributed by atoms with Crippen LogP contribution < -0.4 is 0 Å². The summed E-state index contributed by atoms with van der Waals surface area (Å²) in [6.45, 7) is 4.71. The van der Waals surface area contributed by atoms with Gasteiger partial charge in [-0.05, 0) is 25.8 Å². The molecule has 21 heavy (non-hydrogen) atoms. The van der Waals surface area contributed by atoms with Gasteiger partial charge in [-0.2, -0.15) is 0 Å². The highest BCUT2D eigenvalue weighted by Gasteiger charge is 2.31. The average Bonchev–Trinajstić information content (AvgIpc) is 2.82. The molecule has 0 amide bonds. The van der Waals surface area contributed by atoms with E-state index in [1.807, 2.05) is 56.3 Å². The van der Waals surface area contributed by atoms with Crippen molar-refractivity contribution in [2.75, 3.05) is 6.61 Å². The highest BCUT2D eigenvalue weighted by atomic mass is 16.7. The largest absolute Gasteiger partial charge is 0.461 e. The van der Waals surface area contributed by atoms with Gasteiger partial charge in [0.2, 0.25) is 0 Å². The van der Waals surface area contributed by atoms with E-state index in [1.165, 1.54) is 0 Å². The summed E-state index contributed by atoms with van der Waals surface area (Å²) in [5, 5.41) is 0. The average molecular weight is 290 g/mol. The summed E-state index contributed by atoms with van der Waals surface area (Å²) in [7, 11) is 0. The minimum Gasteiger partial charge on any atom is -0.461 e. The minimum atomic E-state index is -0.493. The molecule has 0 aliphatic carbocycles. The lowest BCUT2D eigenvalue weighted by molar-refractivity contribution is -0.144. The summed E-state index contributed by atoms with van der Waals surface area (Å²) in [6, 6.07) is 9.65. The van der Waals surface area contributed by atoms with E-state index in [0.717, 1.165) is 12.0 Å². The molecule has 1 aliphatic rings. The molecule has 0 saturated carbocycles. The summed E-state index contributed by atoms with van der Waals surface area (Å²) in [5.41, 5.74) is 0.994. The first-order valence-electron chi connectivity index (χ1n) is 7.21. The van der Waals surface area contributed by atoms with Crippen molar-refractivity contribution in [1.82, 2.24) is 0 Å². The number of benzene rings is 1. The maximum Gasteiger partial charge on any atom is 0.309 e. The molecule has 114 valence electrons. The molecular formula is C17H22O4. The first kappa shape index (κ1) is 15.7. The number of carbonyl (C=O) groups is 1. The van der Waals surface area contributed by atoms with Crippen molar-refractivity contribution >= 4 is 5.97 Å². The van der Waals surface area contributed by atoms with E-state index in [2.05, 4.69) is 0 Å². The molecule has 1 atom stereocenters. The standard InChI is InChI=1S/C17H22O4/c1-17(2)20-13-15(21-17)10-6-7-11-16(18)19-12-14-8-4-3-5-9-14/h3-9,15H,10-13H2,1-2H3/b7-6+/t15-/m0/s1. The summed E-state index contributed by atoms with van der Waals surface area (Å²) in [4.78, 5) is 11.6. The number of hydrogen-bond donors (Lipinski definition) is 0. The van der Waals surface area contributed by atoms with Crippen molar-refractivity contribution in [2.24, 2.45) is 0 Å². The van der Waals surface area contributed by atoms with Gasteiger partial charge in [-0.3, -0.25) is 4.79 Å². The fourth-order valence-electron chi connectivity index (χ4n) is 2.10. The number of carbonyl (C=O) groups excluding carboxylic acids is 1. The Morgan fingerprint density at radius 2 is 2.10 bits per heavy atom. The molecule has 1 aliphatic heterocycles. The summed E-state index contributed by atoms with van der Waals surface area (Å²) in [5.74, 6) is -0.716. The maximum absolute atomic E-state index is 11.6. The molecular weight excluding hydrogens is 268 g/mol. The van der Waals surface area contributed by atoms with Gasteiger partial charge in [-0.15, -0.1) is 0 Å². The van der Waals surface area contributed by atoms with Gasteiger partial charge in [-0.1, -0.05) is 42.5 Å². The smallest absolute Gasteiger partial charge is 0.309 e. The van der Waals surface area contributed by atoms with Crippen LogP contribution in [0.1, 0.15) is 32.3 Å². The molecule has 0 aromatic heterocycles. The van der Waals surface area contributed by atoms with E-state index in [0.29, 0.717) is 13.2 Å². The summed E-state index contributed by atoms with van der Waals surface area (Å²) in [6.07, 6.45) is 4.86. The number of ether oxygens (including phenoxy) is 3. The molecule has 1 aromatic carbocycles. The molecule has 0 unspecified atom stereocenters. The van der Waals surface area contributed by atoms with Gasteiger partial charge in [0, 0.05) is 0 Å².